The smallest absolute Gasteiger partial charge is 0.235 e. The third-order valence-electron chi connectivity index (χ3n) is 3.04. The number of nitrogens with zero attached hydrogens (tertiary/aromatic N) is 1. The van der Waals surface area contributed by atoms with Gasteiger partial charge in [0, 0.05) is 24.4 Å². The Bertz CT molecular complexity index is 450. The third kappa shape index (κ3) is 1.46. The van der Waals surface area contributed by atoms with Crippen molar-refractivity contribution in [2.45, 2.75) is 19.4 Å². The van der Waals surface area contributed by atoms with Gasteiger partial charge < -0.3 is 5.32 Å². The maximum absolute atomic E-state index is 3.51. The first kappa shape index (κ1) is 8.72. The van der Waals surface area contributed by atoms with Gasteiger partial charge in [0.05, 0.1) is 0 Å². The number of rotatable bonds is 0. The first-order valence-corrected chi connectivity index (χ1v) is 5.60. The number of hydrogen-bond acceptors (Lipinski definition) is 1. The second-order valence-electron chi connectivity index (χ2n) is 4.08. The van der Waals surface area contributed by atoms with E-state index in [-0.39, 0.29) is 0 Å². The quantitative estimate of drug-likeness (QED) is 0.644. The molecule has 1 aliphatic heterocycles. The largest absolute Gasteiger partial charge is 0.380 e. The highest BCUT2D eigenvalue weighted by Crippen LogP contribution is 2.20. The van der Waals surface area contributed by atoms with Crippen LogP contribution in [-0.4, -0.2) is 6.54 Å². The molecule has 3 rings (SSSR count). The van der Waals surface area contributed by atoms with Crippen molar-refractivity contribution in [3.63, 3.8) is 0 Å². The van der Waals surface area contributed by atoms with E-state index in [0.29, 0.717) is 0 Å². The summed E-state index contributed by atoms with van der Waals surface area (Å²) in [5.41, 5.74) is 2.62. The summed E-state index contributed by atoms with van der Waals surface area (Å²) in [5.74, 6) is 0. The molecule has 2 heterocycles. The molecule has 2 nitrogen and oxygen atoms in total. The molecule has 0 fully saturated rings. The van der Waals surface area contributed by atoms with Crippen LogP contribution in [-0.2, 0) is 6.54 Å². The molecular weight excluding hydrogens is 184 g/mol. The van der Waals surface area contributed by atoms with E-state index in [1.807, 2.05) is 0 Å². The molecule has 0 unspecified atom stereocenters. The predicted molar refractivity (Wildman–Crippen MR) is 61.9 cm³/mol. The van der Waals surface area contributed by atoms with Gasteiger partial charge in [0.15, 0.2) is 6.20 Å². The van der Waals surface area contributed by atoms with Gasteiger partial charge >= 0.3 is 0 Å². The average molecular weight is 199 g/mol. The van der Waals surface area contributed by atoms with E-state index in [9.17, 15) is 0 Å². The topological polar surface area (TPSA) is 15.9 Å². The molecule has 1 aromatic carbocycles. The summed E-state index contributed by atoms with van der Waals surface area (Å²) in [6, 6.07) is 10.8. The third-order valence-corrected chi connectivity index (χ3v) is 3.04. The lowest BCUT2D eigenvalue weighted by molar-refractivity contribution is -0.671. The Morgan fingerprint density at radius 3 is 3.00 bits per heavy atom. The molecule has 0 bridgehead atoms. The molecular formula is C13H15N2+. The average Bonchev–Trinajstić information content (AvgIpc) is 2.25. The van der Waals surface area contributed by atoms with Crippen molar-refractivity contribution in [2.75, 3.05) is 11.9 Å². The van der Waals surface area contributed by atoms with Crippen LogP contribution in [0.15, 0.2) is 36.5 Å². The Kier molecular flexibility index (Phi) is 2.05. The Labute approximate surface area is 89.5 Å². The zero-order chi connectivity index (χ0) is 10.1. The van der Waals surface area contributed by atoms with Gasteiger partial charge in [-0.15, -0.1) is 0 Å². The van der Waals surface area contributed by atoms with E-state index in [2.05, 4.69) is 46.4 Å². The van der Waals surface area contributed by atoms with E-state index in [0.717, 1.165) is 13.1 Å². The summed E-state index contributed by atoms with van der Waals surface area (Å²) in [5, 5.41) is 4.83. The maximum atomic E-state index is 3.51. The van der Waals surface area contributed by atoms with Crippen LogP contribution < -0.4 is 9.88 Å². The summed E-state index contributed by atoms with van der Waals surface area (Å²) < 4.78 is 2.36. The van der Waals surface area contributed by atoms with Crippen LogP contribution in [0.5, 0.6) is 0 Å². The minimum absolute atomic E-state index is 1.09. The van der Waals surface area contributed by atoms with Crippen molar-refractivity contribution in [3.05, 3.63) is 36.5 Å². The standard InChI is InChI=1S/C13H15N2/c1-2-9-15-10-4-6-11-5-3-7-12(13(11)15)14-8-1/h3-7,10,14H,1-2,8-9H2/q+1. The second kappa shape index (κ2) is 3.54. The molecule has 0 aliphatic carbocycles. The van der Waals surface area contributed by atoms with Gasteiger partial charge in [-0.3, -0.25) is 0 Å². The summed E-state index contributed by atoms with van der Waals surface area (Å²) >= 11 is 0. The summed E-state index contributed by atoms with van der Waals surface area (Å²) in [6.07, 6.45) is 4.68. The molecule has 15 heavy (non-hydrogen) atoms. The first-order chi connectivity index (χ1) is 7.45. The fraction of sp³-hybridized carbons (Fsp3) is 0.308. The summed E-state index contributed by atoms with van der Waals surface area (Å²) in [4.78, 5) is 0. The summed E-state index contributed by atoms with van der Waals surface area (Å²) in [6.45, 7) is 2.23. The fourth-order valence-electron chi connectivity index (χ4n) is 2.30. The Balaban J connectivity index is 2.32. The van der Waals surface area contributed by atoms with Crippen molar-refractivity contribution in [2.24, 2.45) is 0 Å². The SMILES string of the molecule is c1cc2c3c(c1)ccc[n+]3CCCCN2. The lowest BCUT2D eigenvalue weighted by Gasteiger charge is -2.11. The van der Waals surface area contributed by atoms with E-state index in [4.69, 9.17) is 0 Å². The van der Waals surface area contributed by atoms with E-state index in [1.165, 1.54) is 29.4 Å². The van der Waals surface area contributed by atoms with Gasteiger partial charge in [-0.05, 0) is 24.6 Å². The van der Waals surface area contributed by atoms with Crippen molar-refractivity contribution >= 4 is 16.6 Å². The van der Waals surface area contributed by atoms with E-state index >= 15 is 0 Å². The predicted octanol–water partition coefficient (Wildman–Crippen LogP) is 2.33. The Hall–Kier alpha value is -1.57. The molecule has 0 atom stereocenters. The number of aryl methyl sites for hydroxylation is 1. The minimum atomic E-state index is 1.09. The molecule has 0 spiro atoms. The number of hydrogen-bond donors (Lipinski definition) is 1. The second-order valence-corrected chi connectivity index (χ2v) is 4.08. The summed E-state index contributed by atoms with van der Waals surface area (Å²) in [7, 11) is 0. The molecule has 0 radical (unpaired) electrons. The van der Waals surface area contributed by atoms with Crippen LogP contribution >= 0.6 is 0 Å². The highest BCUT2D eigenvalue weighted by atomic mass is 15.0. The monoisotopic (exact) mass is 199 g/mol. The highest BCUT2D eigenvalue weighted by molar-refractivity contribution is 5.87. The van der Waals surface area contributed by atoms with Gasteiger partial charge in [0.2, 0.25) is 5.52 Å². The Morgan fingerprint density at radius 1 is 1.07 bits per heavy atom. The van der Waals surface area contributed by atoms with Crippen LogP contribution in [0.3, 0.4) is 0 Å². The fourth-order valence-corrected chi connectivity index (χ4v) is 2.30. The molecule has 0 saturated carbocycles. The highest BCUT2D eigenvalue weighted by Gasteiger charge is 2.14. The number of para-hydroxylation sites is 1. The van der Waals surface area contributed by atoms with E-state index < -0.39 is 0 Å². The number of nitrogens with one attached hydrogen (secondary N) is 1. The van der Waals surface area contributed by atoms with Crippen LogP contribution in [0.4, 0.5) is 5.69 Å². The van der Waals surface area contributed by atoms with Gasteiger partial charge in [0.25, 0.3) is 0 Å². The van der Waals surface area contributed by atoms with Gasteiger partial charge in [-0.25, -0.2) is 0 Å². The van der Waals surface area contributed by atoms with Gasteiger partial charge in [-0.1, -0.05) is 6.07 Å². The molecule has 76 valence electrons. The molecule has 2 heteroatoms. The van der Waals surface area contributed by atoms with Crippen LogP contribution in [0.2, 0.25) is 0 Å². The molecule has 2 aromatic rings. The molecule has 1 aliphatic rings. The first-order valence-electron chi connectivity index (χ1n) is 5.60. The normalized spacial score (nSPS) is 15.5. The van der Waals surface area contributed by atoms with E-state index in [1.54, 1.807) is 0 Å². The van der Waals surface area contributed by atoms with Crippen molar-refractivity contribution < 1.29 is 4.57 Å². The maximum Gasteiger partial charge on any atom is 0.235 e. The number of benzene rings is 1. The Morgan fingerprint density at radius 2 is 2.00 bits per heavy atom. The lowest BCUT2D eigenvalue weighted by atomic mass is 10.1. The number of pyridine rings is 1. The van der Waals surface area contributed by atoms with Crippen molar-refractivity contribution in [1.29, 1.82) is 0 Å². The number of aromatic nitrogens is 1. The number of anilines is 1. The van der Waals surface area contributed by atoms with Crippen molar-refractivity contribution in [1.82, 2.24) is 0 Å². The zero-order valence-electron chi connectivity index (χ0n) is 8.74. The van der Waals surface area contributed by atoms with Gasteiger partial charge in [0.1, 0.15) is 12.2 Å². The molecule has 0 amide bonds. The van der Waals surface area contributed by atoms with Gasteiger partial charge in [-0.2, -0.15) is 4.57 Å². The van der Waals surface area contributed by atoms with Crippen LogP contribution in [0, 0.1) is 0 Å². The zero-order valence-corrected chi connectivity index (χ0v) is 8.74. The molecule has 1 aromatic heterocycles. The molecule has 1 N–H and O–H groups in total. The van der Waals surface area contributed by atoms with Crippen LogP contribution in [0.1, 0.15) is 12.8 Å². The lowest BCUT2D eigenvalue weighted by Crippen LogP contribution is -2.36. The van der Waals surface area contributed by atoms with Crippen LogP contribution in [0.25, 0.3) is 10.9 Å². The molecule has 0 saturated heterocycles. The van der Waals surface area contributed by atoms with Crippen molar-refractivity contribution in [3.8, 4) is 0 Å². The minimum Gasteiger partial charge on any atom is -0.380 e.